The highest BCUT2D eigenvalue weighted by Gasteiger charge is 2.34. The van der Waals surface area contributed by atoms with Crippen molar-refractivity contribution in [1.29, 1.82) is 5.41 Å². The van der Waals surface area contributed by atoms with Crippen LogP contribution < -0.4 is 4.74 Å². The number of hydrogen-bond acceptors (Lipinski definition) is 5. The van der Waals surface area contributed by atoms with Crippen molar-refractivity contribution in [2.45, 2.75) is 33.7 Å². The molecule has 34 heavy (non-hydrogen) atoms. The highest BCUT2D eigenvalue weighted by Crippen LogP contribution is 2.30. The lowest BCUT2D eigenvalue weighted by Gasteiger charge is -2.20. The second-order valence-corrected chi connectivity index (χ2v) is 9.49. The van der Waals surface area contributed by atoms with Crippen molar-refractivity contribution >= 4 is 50.7 Å². The van der Waals surface area contributed by atoms with Gasteiger partial charge in [0.25, 0.3) is 5.91 Å². The molecule has 0 spiro atoms. The number of fused-ring (bicyclic) bond motifs is 2. The standard InChI is InChI=1S/C26H25N5O2S/c1-16-8-6-11-23(17(16)2)33-13-7-12-30-15-19(20-9-4-5-10-22(20)30)14-21-24(27)31-26(28-25(21)32)34-18(3)29-31/h4-6,8-11,14-15,27H,7,12-13H2,1-3H3. The molecule has 0 aliphatic carbocycles. The van der Waals surface area contributed by atoms with E-state index in [9.17, 15) is 4.79 Å². The van der Waals surface area contributed by atoms with Crippen molar-refractivity contribution in [2.24, 2.45) is 10.1 Å². The SMILES string of the molecule is CC1=NN2C(=N)C(=Cc3cn(CCCOc4cccc(C)c4C)c4ccccc34)C(=O)N=C2S1. The first-order valence-electron chi connectivity index (χ1n) is 11.2. The summed E-state index contributed by atoms with van der Waals surface area (Å²) in [6.07, 6.45) is 4.62. The van der Waals surface area contributed by atoms with Gasteiger partial charge >= 0.3 is 0 Å². The third kappa shape index (κ3) is 4.05. The van der Waals surface area contributed by atoms with Crippen molar-refractivity contribution in [3.05, 3.63) is 70.9 Å². The Morgan fingerprint density at radius 2 is 1.94 bits per heavy atom. The maximum atomic E-state index is 12.7. The summed E-state index contributed by atoms with van der Waals surface area (Å²) >= 11 is 1.30. The van der Waals surface area contributed by atoms with E-state index in [-0.39, 0.29) is 11.4 Å². The molecule has 0 unspecified atom stereocenters. The van der Waals surface area contributed by atoms with Gasteiger partial charge in [-0.2, -0.15) is 15.1 Å². The van der Waals surface area contributed by atoms with Gasteiger partial charge in [-0.25, -0.2) is 0 Å². The van der Waals surface area contributed by atoms with E-state index in [0.717, 1.165) is 40.2 Å². The Morgan fingerprint density at radius 1 is 1.12 bits per heavy atom. The minimum Gasteiger partial charge on any atom is -0.493 e. The quantitative estimate of drug-likeness (QED) is 0.387. The zero-order valence-electron chi connectivity index (χ0n) is 19.3. The molecule has 7 nitrogen and oxygen atoms in total. The number of aromatic nitrogens is 1. The van der Waals surface area contributed by atoms with Gasteiger partial charge in [0.1, 0.15) is 5.75 Å². The van der Waals surface area contributed by atoms with Gasteiger partial charge in [0.15, 0.2) is 5.84 Å². The summed E-state index contributed by atoms with van der Waals surface area (Å²) < 4.78 is 8.20. The van der Waals surface area contributed by atoms with Crippen LogP contribution in [-0.2, 0) is 11.3 Å². The number of benzene rings is 2. The number of aryl methyl sites for hydroxylation is 2. The number of nitrogens with one attached hydrogen (secondary N) is 1. The van der Waals surface area contributed by atoms with Crippen LogP contribution in [0, 0.1) is 19.3 Å². The number of hydrogen-bond donors (Lipinski definition) is 1. The van der Waals surface area contributed by atoms with Crippen LogP contribution in [0.15, 0.2) is 64.3 Å². The lowest BCUT2D eigenvalue weighted by Crippen LogP contribution is -2.35. The van der Waals surface area contributed by atoms with Crippen LogP contribution >= 0.6 is 11.8 Å². The van der Waals surface area contributed by atoms with Crippen molar-refractivity contribution in [1.82, 2.24) is 9.58 Å². The molecule has 0 fully saturated rings. The number of hydrazone groups is 1. The van der Waals surface area contributed by atoms with E-state index >= 15 is 0 Å². The monoisotopic (exact) mass is 471 g/mol. The topological polar surface area (TPSA) is 83.0 Å². The number of thioether (sulfide) groups is 1. The number of ether oxygens (including phenoxy) is 1. The van der Waals surface area contributed by atoms with Crippen LogP contribution in [-0.4, -0.2) is 38.1 Å². The Bertz CT molecular complexity index is 1420. The van der Waals surface area contributed by atoms with E-state index < -0.39 is 5.91 Å². The first kappa shape index (κ1) is 22.2. The van der Waals surface area contributed by atoms with Crippen LogP contribution in [0.2, 0.25) is 0 Å². The average Bonchev–Trinajstić information content (AvgIpc) is 3.37. The summed E-state index contributed by atoms with van der Waals surface area (Å²) in [6.45, 7) is 7.38. The van der Waals surface area contributed by atoms with Crippen LogP contribution in [0.4, 0.5) is 0 Å². The maximum absolute atomic E-state index is 12.7. The first-order chi connectivity index (χ1) is 16.4. The maximum Gasteiger partial charge on any atom is 0.283 e. The lowest BCUT2D eigenvalue weighted by atomic mass is 10.1. The lowest BCUT2D eigenvalue weighted by molar-refractivity contribution is -0.114. The minimum atomic E-state index is -0.410. The van der Waals surface area contributed by atoms with Gasteiger partial charge in [0.2, 0.25) is 5.17 Å². The second-order valence-electron chi connectivity index (χ2n) is 8.33. The molecular formula is C26H25N5O2S. The van der Waals surface area contributed by atoms with E-state index in [1.165, 1.54) is 27.9 Å². The molecule has 1 N–H and O–H groups in total. The van der Waals surface area contributed by atoms with E-state index in [2.05, 4.69) is 40.6 Å². The molecule has 172 valence electrons. The smallest absolute Gasteiger partial charge is 0.283 e. The highest BCUT2D eigenvalue weighted by atomic mass is 32.2. The van der Waals surface area contributed by atoms with E-state index in [1.54, 1.807) is 6.08 Å². The fourth-order valence-corrected chi connectivity index (χ4v) is 4.85. The number of carbonyl (C=O) groups is 1. The zero-order valence-corrected chi connectivity index (χ0v) is 20.1. The molecule has 0 bridgehead atoms. The molecule has 1 aromatic heterocycles. The number of amides is 1. The second kappa shape index (κ2) is 8.95. The van der Waals surface area contributed by atoms with Crippen molar-refractivity contribution in [3.8, 4) is 5.75 Å². The molecule has 8 heteroatoms. The van der Waals surface area contributed by atoms with Crippen LogP contribution in [0.1, 0.15) is 30.0 Å². The molecule has 5 rings (SSSR count). The average molecular weight is 472 g/mol. The first-order valence-corrected chi connectivity index (χ1v) is 12.0. The summed E-state index contributed by atoms with van der Waals surface area (Å²) in [5, 5.41) is 16.5. The molecule has 0 radical (unpaired) electrons. The third-order valence-corrected chi connectivity index (χ3v) is 6.85. The third-order valence-electron chi connectivity index (χ3n) is 6.03. The Balaban J connectivity index is 1.37. The number of nitrogens with zero attached hydrogens (tertiary/aromatic N) is 4. The fourth-order valence-electron chi connectivity index (χ4n) is 4.12. The molecule has 2 aliphatic heterocycles. The Labute approximate surface area is 202 Å². The number of rotatable bonds is 6. The molecule has 2 aliphatic rings. The van der Waals surface area contributed by atoms with Gasteiger partial charge in [0, 0.05) is 29.2 Å². The van der Waals surface area contributed by atoms with Crippen molar-refractivity contribution < 1.29 is 9.53 Å². The summed E-state index contributed by atoms with van der Waals surface area (Å²) in [6, 6.07) is 14.2. The van der Waals surface area contributed by atoms with Crippen LogP contribution in [0.5, 0.6) is 5.75 Å². The largest absolute Gasteiger partial charge is 0.493 e. The van der Waals surface area contributed by atoms with Gasteiger partial charge in [0.05, 0.1) is 17.2 Å². The number of carbonyl (C=O) groups excluding carboxylic acids is 1. The minimum absolute atomic E-state index is 0.0538. The van der Waals surface area contributed by atoms with Crippen LogP contribution in [0.25, 0.3) is 17.0 Å². The van der Waals surface area contributed by atoms with Crippen LogP contribution in [0.3, 0.4) is 0 Å². The Morgan fingerprint density at radius 3 is 2.79 bits per heavy atom. The summed E-state index contributed by atoms with van der Waals surface area (Å²) in [7, 11) is 0. The number of para-hydroxylation sites is 1. The van der Waals surface area contributed by atoms with Gasteiger partial charge in [-0.3, -0.25) is 10.2 Å². The van der Waals surface area contributed by atoms with Crippen molar-refractivity contribution in [2.75, 3.05) is 6.61 Å². The van der Waals surface area contributed by atoms with Gasteiger partial charge in [-0.1, -0.05) is 30.3 Å². The summed E-state index contributed by atoms with van der Waals surface area (Å²) in [5.74, 6) is 0.570. The van der Waals surface area contributed by atoms with E-state index in [4.69, 9.17) is 10.1 Å². The molecule has 0 saturated heterocycles. The van der Waals surface area contributed by atoms with Gasteiger partial charge in [-0.15, -0.1) is 0 Å². The Hall–Kier alpha value is -3.65. The van der Waals surface area contributed by atoms with Crippen molar-refractivity contribution in [3.63, 3.8) is 0 Å². The molecule has 0 atom stereocenters. The molecule has 3 heterocycles. The van der Waals surface area contributed by atoms with E-state index in [1.807, 2.05) is 43.5 Å². The van der Waals surface area contributed by atoms with E-state index in [0.29, 0.717) is 11.8 Å². The predicted octanol–water partition coefficient (Wildman–Crippen LogP) is 5.37. The molecular weight excluding hydrogens is 446 g/mol. The van der Waals surface area contributed by atoms with Gasteiger partial charge < -0.3 is 9.30 Å². The van der Waals surface area contributed by atoms with Gasteiger partial charge in [-0.05, 0) is 68.3 Å². The highest BCUT2D eigenvalue weighted by molar-refractivity contribution is 8.26. The molecule has 3 aromatic rings. The molecule has 2 aromatic carbocycles. The zero-order chi connectivity index (χ0) is 23.8. The number of aliphatic imine (C=N–C) groups is 1. The summed E-state index contributed by atoms with van der Waals surface area (Å²) in [4.78, 5) is 16.8. The number of amidine groups is 2. The fraction of sp³-hybridized carbons (Fsp3) is 0.231. The predicted molar refractivity (Wildman–Crippen MR) is 139 cm³/mol. The molecule has 0 saturated carbocycles. The Kier molecular flexibility index (Phi) is 5.83. The summed E-state index contributed by atoms with van der Waals surface area (Å²) in [5.41, 5.74) is 4.59. The normalized spacial score (nSPS) is 16.8. The molecule has 1 amide bonds.